The van der Waals surface area contributed by atoms with Crippen LogP contribution in [-0.2, 0) is 77.0 Å². The van der Waals surface area contributed by atoms with Crippen LogP contribution in [0.15, 0.2) is 350 Å². The van der Waals surface area contributed by atoms with Gasteiger partial charge in [-0.25, -0.2) is 9.59 Å². The van der Waals surface area contributed by atoms with Crippen molar-refractivity contribution in [2.75, 3.05) is 13.7 Å². The lowest BCUT2D eigenvalue weighted by molar-refractivity contribution is -0.176. The molecule has 0 aromatic heterocycles. The quantitative estimate of drug-likeness (QED) is 0.0386. The van der Waals surface area contributed by atoms with Gasteiger partial charge in [0.05, 0.1) is 61.5 Å². The summed E-state index contributed by atoms with van der Waals surface area (Å²) in [5.74, 6) is 3.64. The SMILES string of the molecule is CCC(=O)Oc1c(C)cc([S+](c2ccccc2)c2ccccc2)cc1C.COC(=O)COc1c(C)cc([S+](c2ccccc2)c2ccccc2)cc1C.Cc1cc([S+](c2ccccc2)c2ccccc2)cc(C)c1OC(=O)C12CC3CC(CC(C3)C1)C2.Cc1cc([S+](c2ccccc2)c2ccccc2)cc(C)c1OC(=O)C12CCC(C)(C(=O)O1)C2(C)C. The van der Waals surface area contributed by atoms with Crippen molar-refractivity contribution in [2.45, 2.75) is 205 Å². The van der Waals surface area contributed by atoms with E-state index in [1.54, 1.807) is 0 Å². The second kappa shape index (κ2) is 38.3. The summed E-state index contributed by atoms with van der Waals surface area (Å²) in [4.78, 5) is 78.0. The van der Waals surface area contributed by atoms with E-state index in [-0.39, 0.29) is 79.5 Å². The topological polar surface area (TPSA) is 141 Å². The van der Waals surface area contributed by atoms with E-state index in [2.05, 4.69) is 273 Å². The molecular formula is C107H110O11S4+4. The van der Waals surface area contributed by atoms with Gasteiger partial charge in [0.15, 0.2) is 65.4 Å². The van der Waals surface area contributed by atoms with Crippen molar-refractivity contribution in [3.05, 3.63) is 336 Å². The van der Waals surface area contributed by atoms with Gasteiger partial charge in [-0.1, -0.05) is 166 Å². The number of hydrogen-bond donors (Lipinski definition) is 0. The number of esters is 5. The Morgan fingerprint density at radius 2 is 0.598 bits per heavy atom. The maximum absolute atomic E-state index is 13.6. The summed E-state index contributed by atoms with van der Waals surface area (Å²) in [5.41, 5.74) is 5.11. The van der Waals surface area contributed by atoms with Gasteiger partial charge < -0.3 is 28.4 Å². The Bertz CT molecular complexity index is 5410. The summed E-state index contributed by atoms with van der Waals surface area (Å²) < 4.78 is 34.0. The largest absolute Gasteiger partial charge is 0.481 e. The van der Waals surface area contributed by atoms with Gasteiger partial charge in [0.25, 0.3) is 0 Å². The van der Waals surface area contributed by atoms with Gasteiger partial charge in [0.2, 0.25) is 5.60 Å². The van der Waals surface area contributed by atoms with Crippen molar-refractivity contribution in [3.8, 4) is 23.0 Å². The average Bonchev–Trinajstić information content (AvgIpc) is 1.52. The molecule has 11 nitrogen and oxygen atoms in total. The predicted molar refractivity (Wildman–Crippen MR) is 489 cm³/mol. The second-order valence-electron chi connectivity index (χ2n) is 33.6. The summed E-state index contributed by atoms with van der Waals surface area (Å²) in [6, 6.07) is 102. The van der Waals surface area contributed by atoms with Gasteiger partial charge >= 0.3 is 29.8 Å². The van der Waals surface area contributed by atoms with Gasteiger partial charge in [-0.15, -0.1) is 0 Å². The van der Waals surface area contributed by atoms with Crippen molar-refractivity contribution in [2.24, 2.45) is 34.0 Å². The molecule has 0 N–H and O–H groups in total. The first-order chi connectivity index (χ1) is 58.8. The number of rotatable bonds is 21. The van der Waals surface area contributed by atoms with Gasteiger partial charge in [-0.2, -0.15) is 0 Å². The van der Waals surface area contributed by atoms with Crippen LogP contribution < -0.4 is 18.9 Å². The number of hydrogen-bond acceptors (Lipinski definition) is 11. The molecule has 2 unspecified atom stereocenters. The molecule has 6 bridgehead atoms. The lowest BCUT2D eigenvalue weighted by Crippen LogP contribution is -2.51. The molecule has 15 heteroatoms. The maximum atomic E-state index is 13.6. The van der Waals surface area contributed by atoms with E-state index >= 15 is 0 Å². The van der Waals surface area contributed by atoms with Crippen LogP contribution in [0.5, 0.6) is 23.0 Å². The highest BCUT2D eigenvalue weighted by molar-refractivity contribution is 7.98. The Balaban J connectivity index is 0.000000134. The molecule has 12 aromatic carbocycles. The molecule has 5 saturated carbocycles. The molecule has 5 aliphatic carbocycles. The molecule has 6 fully saturated rings. The molecule has 18 rings (SSSR count). The van der Waals surface area contributed by atoms with Crippen LogP contribution in [0.1, 0.15) is 130 Å². The number of fused-ring (bicyclic) bond motifs is 2. The molecular weight excluding hydrogens is 1590 g/mol. The van der Waals surface area contributed by atoms with Gasteiger partial charge in [-0.3, -0.25) is 14.4 Å². The molecule has 2 atom stereocenters. The Morgan fingerprint density at radius 3 is 0.836 bits per heavy atom. The fraction of sp³-hybridized carbons (Fsp3) is 0.280. The highest BCUT2D eigenvalue weighted by Crippen LogP contribution is 2.66. The first kappa shape index (κ1) is 87.5. The van der Waals surface area contributed by atoms with Crippen LogP contribution in [0, 0.1) is 89.4 Å². The number of ether oxygens (including phenoxy) is 6. The Hall–Kier alpha value is -10.8. The van der Waals surface area contributed by atoms with E-state index in [9.17, 15) is 24.0 Å². The van der Waals surface area contributed by atoms with Gasteiger partial charge in [0, 0.05) is 60.4 Å². The summed E-state index contributed by atoms with van der Waals surface area (Å²) in [6.07, 6.45) is 8.61. The van der Waals surface area contributed by atoms with Gasteiger partial charge in [0.1, 0.15) is 23.0 Å². The molecule has 12 aromatic rings. The molecule has 1 aliphatic heterocycles. The van der Waals surface area contributed by atoms with E-state index in [0.29, 0.717) is 30.8 Å². The lowest BCUT2D eigenvalue weighted by Gasteiger charge is -2.55. The molecule has 0 spiro atoms. The first-order valence-corrected chi connectivity index (χ1v) is 47.1. The number of carbonyl (C=O) groups is 5. The summed E-state index contributed by atoms with van der Waals surface area (Å²) in [6.45, 7) is 23.7. The molecule has 122 heavy (non-hydrogen) atoms. The summed E-state index contributed by atoms with van der Waals surface area (Å²) in [7, 11) is 0.458. The third-order valence-electron chi connectivity index (χ3n) is 24.9. The highest BCUT2D eigenvalue weighted by Gasteiger charge is 2.76. The number of carbonyl (C=O) groups excluding carboxylic acids is 5. The molecule has 1 saturated heterocycles. The Labute approximate surface area is 732 Å². The smallest absolute Gasteiger partial charge is 0.356 e. The van der Waals surface area contributed by atoms with Crippen LogP contribution in [0.4, 0.5) is 0 Å². The normalized spacial score (nSPS) is 19.3. The standard InChI is InChI=1S/C31H33O2S.C30H31O4S.C23H23O3S.C23H23O2S/c1-21-13-28(34(26-9-5-3-6-10-26)27-11-7-4-8-12-27)14-22(2)29(21)33-30(32)31-18-23-15-24(19-31)17-25(16-23)20-31;1-20-18-24(35(22-12-8-6-9-13-22)23-14-10-7-11-15-23)19-21(2)25(20)33-27(32)30-17-16-29(5,26(31)34-30)28(30,3)4;1-17-14-21(15-18(2)23(17)26-16-22(24)25-3)27(19-10-6-4-7-11-19)20-12-8-5-9-13-20;1-4-22(24)25-23-17(2)15-21(16-18(23)3)26(19-11-7-5-8-12-19)20-13-9-6-10-14-20/h3-14,23-25H,15-20H2,1-2H3;6-15,18-19H,16-17H2,1-5H3;4-15H,16H2,1-3H3;5-16H,4H2,1-3H3/q4*+1. The zero-order valence-electron chi connectivity index (χ0n) is 72.1. The van der Waals surface area contributed by atoms with E-state index in [1.807, 2.05) is 106 Å². The monoisotopic (exact) mass is 1700 g/mol. The van der Waals surface area contributed by atoms with Crippen molar-refractivity contribution >= 4 is 73.4 Å². The predicted octanol–water partition coefficient (Wildman–Crippen LogP) is 24.6. The number of methoxy groups -OCH3 is 1. The van der Waals surface area contributed by atoms with Crippen LogP contribution in [-0.4, -0.2) is 49.2 Å². The van der Waals surface area contributed by atoms with Crippen molar-refractivity contribution in [3.63, 3.8) is 0 Å². The molecule has 6 aliphatic rings. The average molecular weight is 1700 g/mol. The number of aryl methyl sites for hydroxylation is 8. The van der Waals surface area contributed by atoms with Crippen molar-refractivity contribution in [1.29, 1.82) is 0 Å². The van der Waals surface area contributed by atoms with Crippen LogP contribution in [0.25, 0.3) is 0 Å². The second-order valence-corrected chi connectivity index (χ2v) is 41.7. The van der Waals surface area contributed by atoms with Gasteiger partial charge in [-0.05, 0) is 273 Å². The summed E-state index contributed by atoms with van der Waals surface area (Å²) >= 11 is 0. The first-order valence-electron chi connectivity index (χ1n) is 42.2. The molecule has 0 amide bonds. The zero-order chi connectivity index (χ0) is 86.0. The van der Waals surface area contributed by atoms with E-state index in [0.717, 1.165) is 97.9 Å². The Morgan fingerprint density at radius 1 is 0.344 bits per heavy atom. The zero-order valence-corrected chi connectivity index (χ0v) is 75.4. The third-order valence-corrected chi connectivity index (χ3v) is 33.6. The Kier molecular flexibility index (Phi) is 27.5. The minimum Gasteiger partial charge on any atom is -0.481 e. The minimum absolute atomic E-state index is 0.0377. The summed E-state index contributed by atoms with van der Waals surface area (Å²) in [5, 5.41) is 0. The highest BCUT2D eigenvalue weighted by atomic mass is 32.2. The minimum atomic E-state index is -1.24. The van der Waals surface area contributed by atoms with Crippen LogP contribution in [0.3, 0.4) is 0 Å². The van der Waals surface area contributed by atoms with Crippen LogP contribution >= 0.6 is 0 Å². The van der Waals surface area contributed by atoms with E-state index in [4.69, 9.17) is 23.7 Å². The fourth-order valence-corrected chi connectivity index (χ4v) is 27.8. The van der Waals surface area contributed by atoms with E-state index in [1.165, 1.54) is 80.2 Å². The lowest BCUT2D eigenvalue weighted by atomic mass is 9.49. The van der Waals surface area contributed by atoms with Crippen LogP contribution in [0.2, 0.25) is 0 Å². The molecule has 624 valence electrons. The third kappa shape index (κ3) is 18.7. The number of benzene rings is 12. The molecule has 1 heterocycles. The fourth-order valence-electron chi connectivity index (χ4n) is 18.7. The van der Waals surface area contributed by atoms with Crippen molar-refractivity contribution in [1.82, 2.24) is 0 Å². The van der Waals surface area contributed by atoms with E-state index < -0.39 is 22.4 Å². The van der Waals surface area contributed by atoms with Crippen molar-refractivity contribution < 1.29 is 52.4 Å². The maximum Gasteiger partial charge on any atom is 0.356 e. The molecule has 0 radical (unpaired) electrons.